The van der Waals surface area contributed by atoms with Gasteiger partial charge in [-0.15, -0.1) is 0 Å². The van der Waals surface area contributed by atoms with E-state index in [9.17, 15) is 4.79 Å². The molecule has 5 nitrogen and oxygen atoms in total. The largest absolute Gasteiger partial charge is 0.495 e. The van der Waals surface area contributed by atoms with E-state index >= 15 is 0 Å². The second-order valence-electron chi connectivity index (χ2n) is 3.53. The molecule has 0 fully saturated rings. The van der Waals surface area contributed by atoms with Crippen LogP contribution in [0.1, 0.15) is 0 Å². The zero-order valence-corrected chi connectivity index (χ0v) is 10.2. The molecule has 2 rings (SSSR count). The van der Waals surface area contributed by atoms with Crippen LogP contribution >= 0.6 is 11.6 Å². The van der Waals surface area contributed by atoms with Gasteiger partial charge in [-0.2, -0.15) is 0 Å². The number of fused-ring (bicyclic) bond motifs is 1. The Kier molecular flexibility index (Phi) is 3.40. The van der Waals surface area contributed by atoms with Crippen molar-refractivity contribution in [2.45, 2.75) is 6.10 Å². The molecule has 1 unspecified atom stereocenters. The summed E-state index contributed by atoms with van der Waals surface area (Å²) in [5.41, 5.74) is 0.535. The maximum Gasteiger partial charge on any atom is 0.267 e. The summed E-state index contributed by atoms with van der Waals surface area (Å²) in [6.45, 7) is 0.191. The van der Waals surface area contributed by atoms with Crippen LogP contribution in [0.25, 0.3) is 0 Å². The van der Waals surface area contributed by atoms with Gasteiger partial charge in [-0.05, 0) is 6.07 Å². The van der Waals surface area contributed by atoms with Crippen molar-refractivity contribution < 1.29 is 19.0 Å². The number of amides is 1. The molecule has 1 aliphatic heterocycles. The number of ether oxygens (including phenoxy) is 3. The van der Waals surface area contributed by atoms with Crippen molar-refractivity contribution >= 4 is 23.2 Å². The van der Waals surface area contributed by atoms with Gasteiger partial charge in [0, 0.05) is 13.2 Å². The quantitative estimate of drug-likeness (QED) is 0.895. The minimum Gasteiger partial charge on any atom is -0.495 e. The molecule has 0 bridgehead atoms. The Hall–Kier alpha value is -1.46. The van der Waals surface area contributed by atoms with Crippen LogP contribution in [0.2, 0.25) is 5.02 Å². The van der Waals surface area contributed by atoms with Gasteiger partial charge in [0.1, 0.15) is 11.5 Å². The molecule has 92 valence electrons. The number of rotatable bonds is 3. The van der Waals surface area contributed by atoms with E-state index < -0.39 is 6.10 Å². The summed E-state index contributed by atoms with van der Waals surface area (Å²) >= 11 is 5.95. The van der Waals surface area contributed by atoms with Crippen molar-refractivity contribution in [1.29, 1.82) is 0 Å². The fourth-order valence-corrected chi connectivity index (χ4v) is 1.81. The van der Waals surface area contributed by atoms with Gasteiger partial charge < -0.3 is 19.5 Å². The van der Waals surface area contributed by atoms with Gasteiger partial charge in [0.15, 0.2) is 0 Å². The Morgan fingerprint density at radius 2 is 2.24 bits per heavy atom. The third-order valence-electron chi connectivity index (χ3n) is 2.39. The highest BCUT2D eigenvalue weighted by Gasteiger charge is 2.28. The molecular weight excluding hydrogens is 246 g/mol. The molecule has 0 aliphatic carbocycles. The van der Waals surface area contributed by atoms with Gasteiger partial charge in [-0.25, -0.2) is 0 Å². The molecule has 17 heavy (non-hydrogen) atoms. The van der Waals surface area contributed by atoms with Crippen LogP contribution in [0, 0.1) is 0 Å². The molecule has 0 aromatic heterocycles. The molecule has 1 heterocycles. The first-order valence-corrected chi connectivity index (χ1v) is 5.37. The zero-order chi connectivity index (χ0) is 12.4. The predicted octanol–water partition coefficient (Wildman–Crippen LogP) is 1.69. The highest BCUT2D eigenvalue weighted by molar-refractivity contribution is 6.32. The zero-order valence-electron chi connectivity index (χ0n) is 9.45. The van der Waals surface area contributed by atoms with Gasteiger partial charge in [0.25, 0.3) is 5.91 Å². The molecule has 0 saturated heterocycles. The summed E-state index contributed by atoms with van der Waals surface area (Å²) in [6.07, 6.45) is -0.654. The van der Waals surface area contributed by atoms with Gasteiger partial charge in [-0.1, -0.05) is 11.6 Å². The number of hydrogen-bond acceptors (Lipinski definition) is 4. The minimum atomic E-state index is -0.654. The van der Waals surface area contributed by atoms with Crippen molar-refractivity contribution in [2.75, 3.05) is 26.1 Å². The lowest BCUT2D eigenvalue weighted by molar-refractivity contribution is -0.125. The first kappa shape index (κ1) is 12.0. The van der Waals surface area contributed by atoms with Gasteiger partial charge in [0.2, 0.25) is 6.10 Å². The summed E-state index contributed by atoms with van der Waals surface area (Å²) in [4.78, 5) is 11.6. The SMILES string of the molecule is COCC1Oc2cc(OC)c(Cl)cc2NC1=O. The molecule has 0 saturated carbocycles. The lowest BCUT2D eigenvalue weighted by Gasteiger charge is -2.25. The molecule has 1 N–H and O–H groups in total. The standard InChI is InChI=1S/C11H12ClNO4/c1-15-5-10-11(14)13-7-3-6(12)8(16-2)4-9(7)17-10/h3-4,10H,5H2,1-2H3,(H,13,14). The van der Waals surface area contributed by atoms with E-state index in [2.05, 4.69) is 5.32 Å². The van der Waals surface area contributed by atoms with Crippen LogP contribution < -0.4 is 14.8 Å². The Labute approximate surface area is 104 Å². The maximum atomic E-state index is 11.6. The molecule has 1 atom stereocenters. The van der Waals surface area contributed by atoms with E-state index in [0.29, 0.717) is 22.2 Å². The second-order valence-corrected chi connectivity index (χ2v) is 3.94. The molecule has 1 aromatic rings. The summed E-state index contributed by atoms with van der Waals surface area (Å²) in [5.74, 6) is 0.770. The Morgan fingerprint density at radius 3 is 2.88 bits per heavy atom. The Bertz CT molecular complexity index is 449. The van der Waals surface area contributed by atoms with Crippen molar-refractivity contribution in [1.82, 2.24) is 0 Å². The number of carbonyl (C=O) groups excluding carboxylic acids is 1. The topological polar surface area (TPSA) is 56.8 Å². The second kappa shape index (κ2) is 4.81. The van der Waals surface area contributed by atoms with Crippen molar-refractivity contribution in [2.24, 2.45) is 0 Å². The van der Waals surface area contributed by atoms with Crippen molar-refractivity contribution in [3.8, 4) is 11.5 Å². The Morgan fingerprint density at radius 1 is 1.47 bits per heavy atom. The smallest absolute Gasteiger partial charge is 0.267 e. The number of benzene rings is 1. The number of carbonyl (C=O) groups is 1. The summed E-state index contributed by atoms with van der Waals surface area (Å²) in [6, 6.07) is 3.23. The van der Waals surface area contributed by atoms with Crippen LogP contribution in [-0.4, -0.2) is 32.8 Å². The van der Waals surface area contributed by atoms with E-state index in [0.717, 1.165) is 0 Å². The molecule has 0 spiro atoms. The fourth-order valence-electron chi connectivity index (χ4n) is 1.57. The lowest BCUT2D eigenvalue weighted by atomic mass is 10.2. The highest BCUT2D eigenvalue weighted by Crippen LogP contribution is 2.38. The van der Waals surface area contributed by atoms with Gasteiger partial charge in [-0.3, -0.25) is 4.79 Å². The van der Waals surface area contributed by atoms with E-state index in [-0.39, 0.29) is 12.5 Å². The first-order valence-electron chi connectivity index (χ1n) is 4.99. The molecule has 1 aromatic carbocycles. The van der Waals surface area contributed by atoms with Crippen LogP contribution in [0.4, 0.5) is 5.69 Å². The molecule has 0 radical (unpaired) electrons. The predicted molar refractivity (Wildman–Crippen MR) is 62.9 cm³/mol. The fraction of sp³-hybridized carbons (Fsp3) is 0.364. The van der Waals surface area contributed by atoms with Crippen LogP contribution in [-0.2, 0) is 9.53 Å². The average molecular weight is 258 g/mol. The minimum absolute atomic E-state index is 0.191. The normalized spacial score (nSPS) is 18.1. The highest BCUT2D eigenvalue weighted by atomic mass is 35.5. The lowest BCUT2D eigenvalue weighted by Crippen LogP contribution is -2.40. The molecular formula is C11H12ClNO4. The molecule has 6 heteroatoms. The van der Waals surface area contributed by atoms with E-state index in [1.54, 1.807) is 12.1 Å². The van der Waals surface area contributed by atoms with Crippen LogP contribution in [0.5, 0.6) is 11.5 Å². The first-order chi connectivity index (χ1) is 8.15. The van der Waals surface area contributed by atoms with E-state index in [1.807, 2.05) is 0 Å². The monoisotopic (exact) mass is 257 g/mol. The average Bonchev–Trinajstić information content (AvgIpc) is 2.30. The number of halogens is 1. The Balaban J connectivity index is 2.32. The third-order valence-corrected chi connectivity index (χ3v) is 2.69. The van der Waals surface area contributed by atoms with Crippen molar-refractivity contribution in [3.05, 3.63) is 17.2 Å². The molecule has 1 amide bonds. The number of nitrogens with one attached hydrogen (secondary N) is 1. The molecule has 1 aliphatic rings. The van der Waals surface area contributed by atoms with E-state index in [1.165, 1.54) is 14.2 Å². The van der Waals surface area contributed by atoms with Crippen LogP contribution in [0.15, 0.2) is 12.1 Å². The van der Waals surface area contributed by atoms with E-state index in [4.69, 9.17) is 25.8 Å². The maximum absolute atomic E-state index is 11.6. The van der Waals surface area contributed by atoms with Gasteiger partial charge in [0.05, 0.1) is 24.4 Å². The summed E-state index contributed by atoms with van der Waals surface area (Å²) < 4.78 is 15.5. The third kappa shape index (κ3) is 2.30. The number of anilines is 1. The van der Waals surface area contributed by atoms with Gasteiger partial charge >= 0.3 is 0 Å². The number of hydrogen-bond donors (Lipinski definition) is 1. The summed E-state index contributed by atoms with van der Waals surface area (Å²) in [7, 11) is 3.02. The number of methoxy groups -OCH3 is 2. The van der Waals surface area contributed by atoms with Crippen molar-refractivity contribution in [3.63, 3.8) is 0 Å². The van der Waals surface area contributed by atoms with Crippen LogP contribution in [0.3, 0.4) is 0 Å². The summed E-state index contributed by atoms with van der Waals surface area (Å²) in [5, 5.41) is 3.12.